The lowest BCUT2D eigenvalue weighted by Crippen LogP contribution is -2.32. The van der Waals surface area contributed by atoms with E-state index in [2.05, 4.69) is 20.3 Å². The van der Waals surface area contributed by atoms with Crippen molar-refractivity contribution in [3.05, 3.63) is 52.2 Å². The molecule has 26 heavy (non-hydrogen) atoms. The molecule has 0 fully saturated rings. The number of aryl methyl sites for hydroxylation is 1. The van der Waals surface area contributed by atoms with Gasteiger partial charge in [0.25, 0.3) is 5.56 Å². The first-order valence-corrected chi connectivity index (χ1v) is 9.51. The average Bonchev–Trinajstić information content (AvgIpc) is 3.22. The zero-order valence-electron chi connectivity index (χ0n) is 14.4. The van der Waals surface area contributed by atoms with Crippen molar-refractivity contribution in [2.24, 2.45) is 0 Å². The first kappa shape index (κ1) is 16.8. The normalized spacial score (nSPS) is 16.0. The van der Waals surface area contributed by atoms with Gasteiger partial charge in [-0.1, -0.05) is 23.9 Å². The summed E-state index contributed by atoms with van der Waals surface area (Å²) in [5, 5.41) is 3.62. The van der Waals surface area contributed by atoms with Crippen LogP contribution in [0.5, 0.6) is 0 Å². The zero-order valence-corrected chi connectivity index (χ0v) is 15.2. The number of imidazole rings is 1. The van der Waals surface area contributed by atoms with Crippen molar-refractivity contribution >= 4 is 28.7 Å². The third kappa shape index (κ3) is 3.24. The van der Waals surface area contributed by atoms with Crippen LogP contribution in [-0.2, 0) is 11.2 Å². The van der Waals surface area contributed by atoms with Crippen LogP contribution in [0, 0.1) is 6.92 Å². The predicted molar refractivity (Wildman–Crippen MR) is 100 cm³/mol. The van der Waals surface area contributed by atoms with E-state index in [4.69, 9.17) is 0 Å². The number of thioether (sulfide) groups is 1. The standard InChI is InChI=1S/C18H19N5O2S/c1-11-9-20-18-23(17(11)25)12(10-26-18)8-16(24)19-7-6-15-21-13-4-2-3-5-14(13)22-15/h2-5,9,12H,6-8,10H2,1H3,(H,19,24)(H,21,22). The number of aromatic amines is 1. The summed E-state index contributed by atoms with van der Waals surface area (Å²) >= 11 is 1.52. The maximum atomic E-state index is 12.3. The smallest absolute Gasteiger partial charge is 0.257 e. The molecule has 1 atom stereocenters. The number of amides is 1. The quantitative estimate of drug-likeness (QED) is 0.669. The van der Waals surface area contributed by atoms with E-state index in [-0.39, 0.29) is 23.9 Å². The maximum absolute atomic E-state index is 12.3. The maximum Gasteiger partial charge on any atom is 0.257 e. The second-order valence-electron chi connectivity index (χ2n) is 6.37. The molecule has 2 N–H and O–H groups in total. The van der Waals surface area contributed by atoms with Crippen LogP contribution < -0.4 is 10.9 Å². The number of nitrogens with one attached hydrogen (secondary N) is 2. The molecule has 0 saturated heterocycles. The van der Waals surface area contributed by atoms with Gasteiger partial charge in [-0.05, 0) is 19.1 Å². The van der Waals surface area contributed by atoms with Gasteiger partial charge < -0.3 is 10.3 Å². The minimum atomic E-state index is -0.138. The van der Waals surface area contributed by atoms with E-state index < -0.39 is 0 Å². The Morgan fingerprint density at radius 3 is 3.12 bits per heavy atom. The van der Waals surface area contributed by atoms with Gasteiger partial charge in [-0.2, -0.15) is 0 Å². The van der Waals surface area contributed by atoms with Gasteiger partial charge in [-0.25, -0.2) is 9.97 Å². The Kier molecular flexibility index (Phi) is 4.50. The van der Waals surface area contributed by atoms with Gasteiger partial charge in [0, 0.05) is 36.9 Å². The summed E-state index contributed by atoms with van der Waals surface area (Å²) in [7, 11) is 0. The molecule has 1 aromatic carbocycles. The second kappa shape index (κ2) is 6.95. The number of benzene rings is 1. The van der Waals surface area contributed by atoms with Crippen LogP contribution in [0.15, 0.2) is 40.4 Å². The molecule has 1 unspecified atom stereocenters. The van der Waals surface area contributed by atoms with Crippen molar-refractivity contribution in [3.63, 3.8) is 0 Å². The summed E-state index contributed by atoms with van der Waals surface area (Å²) in [4.78, 5) is 36.6. The van der Waals surface area contributed by atoms with Gasteiger partial charge in [-0.15, -0.1) is 0 Å². The molecule has 1 aliphatic heterocycles. The Bertz CT molecular complexity index is 993. The molecule has 7 nitrogen and oxygen atoms in total. The molecule has 0 radical (unpaired) electrons. The molecule has 0 aliphatic carbocycles. The SMILES string of the molecule is Cc1cnc2n(c1=O)C(CC(=O)NCCc1nc3ccccc3[nH]1)CS2. The summed E-state index contributed by atoms with van der Waals surface area (Å²) < 4.78 is 1.65. The van der Waals surface area contributed by atoms with E-state index in [1.807, 2.05) is 24.3 Å². The van der Waals surface area contributed by atoms with E-state index in [1.54, 1.807) is 17.7 Å². The Morgan fingerprint density at radius 2 is 2.27 bits per heavy atom. The number of carbonyl (C=O) groups is 1. The topological polar surface area (TPSA) is 92.7 Å². The number of nitrogens with zero attached hydrogens (tertiary/aromatic N) is 3. The molecule has 8 heteroatoms. The molecule has 134 valence electrons. The Balaban J connectivity index is 1.34. The second-order valence-corrected chi connectivity index (χ2v) is 7.36. The van der Waals surface area contributed by atoms with Gasteiger partial charge in [0.05, 0.1) is 17.1 Å². The van der Waals surface area contributed by atoms with Crippen molar-refractivity contribution < 1.29 is 4.79 Å². The van der Waals surface area contributed by atoms with Crippen LogP contribution in [0.4, 0.5) is 0 Å². The van der Waals surface area contributed by atoms with Crippen LogP contribution in [0.1, 0.15) is 23.9 Å². The Hall–Kier alpha value is -2.61. The number of aromatic nitrogens is 4. The fraction of sp³-hybridized carbons (Fsp3) is 0.333. The molecular weight excluding hydrogens is 350 g/mol. The number of fused-ring (bicyclic) bond motifs is 2. The monoisotopic (exact) mass is 369 g/mol. The highest BCUT2D eigenvalue weighted by molar-refractivity contribution is 7.99. The largest absolute Gasteiger partial charge is 0.356 e. The third-order valence-electron chi connectivity index (χ3n) is 4.44. The van der Waals surface area contributed by atoms with E-state index in [1.165, 1.54) is 11.8 Å². The van der Waals surface area contributed by atoms with Crippen LogP contribution in [0.2, 0.25) is 0 Å². The van der Waals surface area contributed by atoms with Gasteiger partial charge in [0.1, 0.15) is 5.82 Å². The summed E-state index contributed by atoms with van der Waals surface area (Å²) in [6, 6.07) is 7.71. The Labute approximate surface area is 154 Å². The average molecular weight is 369 g/mol. The lowest BCUT2D eigenvalue weighted by atomic mass is 10.2. The van der Waals surface area contributed by atoms with Crippen LogP contribution in [-0.4, -0.2) is 37.7 Å². The summed E-state index contributed by atoms with van der Waals surface area (Å²) in [5.74, 6) is 1.49. The first-order chi connectivity index (χ1) is 12.6. The Morgan fingerprint density at radius 1 is 1.42 bits per heavy atom. The first-order valence-electron chi connectivity index (χ1n) is 8.53. The molecule has 3 aromatic rings. The predicted octanol–water partition coefficient (Wildman–Crippen LogP) is 1.82. The fourth-order valence-electron chi connectivity index (χ4n) is 3.10. The molecule has 3 heterocycles. The van der Waals surface area contributed by atoms with Crippen molar-refractivity contribution in [1.29, 1.82) is 0 Å². The highest BCUT2D eigenvalue weighted by atomic mass is 32.2. The van der Waals surface area contributed by atoms with Crippen LogP contribution >= 0.6 is 11.8 Å². The van der Waals surface area contributed by atoms with Gasteiger partial charge in [0.15, 0.2) is 5.16 Å². The van der Waals surface area contributed by atoms with Gasteiger partial charge in [-0.3, -0.25) is 14.2 Å². The summed E-state index contributed by atoms with van der Waals surface area (Å²) in [6.07, 6.45) is 2.51. The van der Waals surface area contributed by atoms with Crippen LogP contribution in [0.3, 0.4) is 0 Å². The third-order valence-corrected chi connectivity index (χ3v) is 5.56. The van der Waals surface area contributed by atoms with Gasteiger partial charge in [0.2, 0.25) is 5.91 Å². The summed E-state index contributed by atoms with van der Waals surface area (Å²) in [6.45, 7) is 2.25. The molecule has 0 bridgehead atoms. The number of para-hydroxylation sites is 2. The van der Waals surface area contributed by atoms with E-state index in [9.17, 15) is 9.59 Å². The van der Waals surface area contributed by atoms with Crippen molar-refractivity contribution in [3.8, 4) is 0 Å². The molecule has 4 rings (SSSR count). The lowest BCUT2D eigenvalue weighted by Gasteiger charge is -2.13. The number of carbonyl (C=O) groups excluding carboxylic acids is 1. The number of H-pyrrole nitrogens is 1. The molecular formula is C18H19N5O2S. The van der Waals surface area contributed by atoms with E-state index in [0.717, 1.165) is 16.9 Å². The zero-order chi connectivity index (χ0) is 18.1. The minimum absolute atomic E-state index is 0.0555. The number of rotatable bonds is 5. The highest BCUT2D eigenvalue weighted by Gasteiger charge is 2.27. The molecule has 2 aromatic heterocycles. The van der Waals surface area contributed by atoms with Crippen molar-refractivity contribution in [2.75, 3.05) is 12.3 Å². The van der Waals surface area contributed by atoms with E-state index >= 15 is 0 Å². The highest BCUT2D eigenvalue weighted by Crippen LogP contribution is 2.31. The number of hydrogen-bond acceptors (Lipinski definition) is 5. The molecule has 0 spiro atoms. The fourth-order valence-corrected chi connectivity index (χ4v) is 4.21. The summed E-state index contributed by atoms with van der Waals surface area (Å²) in [5.41, 5.74) is 2.47. The van der Waals surface area contributed by atoms with E-state index in [0.29, 0.717) is 29.4 Å². The lowest BCUT2D eigenvalue weighted by molar-refractivity contribution is -0.121. The van der Waals surface area contributed by atoms with Crippen molar-refractivity contribution in [1.82, 2.24) is 24.8 Å². The molecule has 0 saturated carbocycles. The molecule has 1 amide bonds. The minimum Gasteiger partial charge on any atom is -0.356 e. The molecule has 1 aliphatic rings. The van der Waals surface area contributed by atoms with Crippen LogP contribution in [0.25, 0.3) is 11.0 Å². The number of hydrogen-bond donors (Lipinski definition) is 2. The van der Waals surface area contributed by atoms with Crippen molar-refractivity contribution in [2.45, 2.75) is 31.0 Å². The van der Waals surface area contributed by atoms with Gasteiger partial charge >= 0.3 is 0 Å².